The molecule has 1 aromatic heterocycles. The number of nitrogens with one attached hydrogen (secondary N) is 2. The zero-order valence-electron chi connectivity index (χ0n) is 12.1. The average molecular weight is 279 g/mol. The van der Waals surface area contributed by atoms with Crippen LogP contribution in [-0.2, 0) is 4.79 Å². The number of carbonyl (C=O) groups excluding carboxylic acids is 1. The van der Waals surface area contributed by atoms with Gasteiger partial charge in [0.05, 0.1) is 7.11 Å². The molecule has 110 valence electrons. The maximum Gasteiger partial charge on any atom is 0.242 e. The van der Waals surface area contributed by atoms with Crippen LogP contribution in [0.1, 0.15) is 20.3 Å². The number of anilines is 2. The van der Waals surface area contributed by atoms with Crippen LogP contribution in [0.2, 0.25) is 0 Å². The monoisotopic (exact) mass is 279 g/mol. The highest BCUT2D eigenvalue weighted by Gasteiger charge is 2.29. The van der Waals surface area contributed by atoms with Gasteiger partial charge in [0.2, 0.25) is 11.7 Å². The van der Waals surface area contributed by atoms with Crippen LogP contribution in [0.3, 0.4) is 0 Å². The summed E-state index contributed by atoms with van der Waals surface area (Å²) in [5, 5.41) is 6.05. The maximum atomic E-state index is 11.8. The van der Waals surface area contributed by atoms with Crippen LogP contribution in [0.4, 0.5) is 11.6 Å². The number of carbonyl (C=O) groups is 1. The van der Waals surface area contributed by atoms with Crippen LogP contribution in [0, 0.1) is 0 Å². The van der Waals surface area contributed by atoms with Gasteiger partial charge in [-0.05, 0) is 13.3 Å². The predicted molar refractivity (Wildman–Crippen MR) is 77.2 cm³/mol. The molecule has 1 aliphatic heterocycles. The van der Waals surface area contributed by atoms with Crippen molar-refractivity contribution in [2.24, 2.45) is 0 Å². The molecule has 1 aromatic rings. The van der Waals surface area contributed by atoms with Gasteiger partial charge in [-0.2, -0.15) is 0 Å². The first-order valence-electron chi connectivity index (χ1n) is 6.86. The van der Waals surface area contributed by atoms with E-state index in [1.54, 1.807) is 7.11 Å². The number of aromatic nitrogens is 2. The largest absolute Gasteiger partial charge is 0.490 e. The number of amides is 1. The van der Waals surface area contributed by atoms with Crippen LogP contribution in [-0.4, -0.2) is 48.7 Å². The van der Waals surface area contributed by atoms with Crippen molar-refractivity contribution in [3.8, 4) is 5.75 Å². The second kappa shape index (κ2) is 6.40. The van der Waals surface area contributed by atoms with E-state index in [1.165, 1.54) is 6.33 Å². The number of hydrogen-bond donors (Lipinski definition) is 2. The highest BCUT2D eigenvalue weighted by atomic mass is 16.5. The van der Waals surface area contributed by atoms with Crippen molar-refractivity contribution in [3.63, 3.8) is 0 Å². The summed E-state index contributed by atoms with van der Waals surface area (Å²) < 4.78 is 5.45. The van der Waals surface area contributed by atoms with Crippen LogP contribution >= 0.6 is 0 Å². The van der Waals surface area contributed by atoms with Crippen molar-refractivity contribution < 1.29 is 9.53 Å². The van der Waals surface area contributed by atoms with Crippen molar-refractivity contribution in [2.45, 2.75) is 26.3 Å². The molecule has 20 heavy (non-hydrogen) atoms. The molecule has 0 bridgehead atoms. The lowest BCUT2D eigenvalue weighted by molar-refractivity contribution is -0.122. The van der Waals surface area contributed by atoms with Crippen molar-refractivity contribution in [1.82, 2.24) is 15.3 Å². The van der Waals surface area contributed by atoms with E-state index in [4.69, 9.17) is 4.74 Å². The molecule has 2 rings (SSSR count). The van der Waals surface area contributed by atoms with Crippen molar-refractivity contribution >= 4 is 17.5 Å². The number of methoxy groups -OCH3 is 1. The Hall–Kier alpha value is -2.05. The van der Waals surface area contributed by atoms with Crippen LogP contribution in [0.5, 0.6) is 5.75 Å². The van der Waals surface area contributed by atoms with E-state index < -0.39 is 0 Å². The van der Waals surface area contributed by atoms with Gasteiger partial charge in [0.15, 0.2) is 11.6 Å². The SMILES string of the molecule is CCCNc1ncnc(N2CCNC(=O)C2C)c1OC. The minimum atomic E-state index is -0.272. The Balaban J connectivity index is 2.32. The molecule has 0 spiro atoms. The summed E-state index contributed by atoms with van der Waals surface area (Å²) in [5.41, 5.74) is 0. The topological polar surface area (TPSA) is 79.4 Å². The lowest BCUT2D eigenvalue weighted by Crippen LogP contribution is -2.54. The third-order valence-electron chi connectivity index (χ3n) is 3.30. The van der Waals surface area contributed by atoms with Gasteiger partial charge in [-0.3, -0.25) is 4.79 Å². The van der Waals surface area contributed by atoms with E-state index in [2.05, 4.69) is 27.5 Å². The van der Waals surface area contributed by atoms with Crippen LogP contribution in [0.25, 0.3) is 0 Å². The molecule has 0 radical (unpaired) electrons. The van der Waals surface area contributed by atoms with Gasteiger partial charge < -0.3 is 20.3 Å². The minimum absolute atomic E-state index is 0.0000160. The maximum absolute atomic E-state index is 11.8. The molecule has 0 aromatic carbocycles. The molecule has 7 heteroatoms. The molecule has 0 aliphatic carbocycles. The molecule has 1 amide bonds. The highest BCUT2D eigenvalue weighted by molar-refractivity contribution is 5.86. The molecular weight excluding hydrogens is 258 g/mol. The van der Waals surface area contributed by atoms with E-state index in [0.717, 1.165) is 13.0 Å². The normalized spacial score (nSPS) is 18.6. The van der Waals surface area contributed by atoms with Gasteiger partial charge in [0.25, 0.3) is 0 Å². The fourth-order valence-electron chi connectivity index (χ4n) is 2.20. The van der Waals surface area contributed by atoms with Crippen molar-refractivity contribution in [1.29, 1.82) is 0 Å². The summed E-state index contributed by atoms with van der Waals surface area (Å²) in [5.74, 6) is 1.91. The van der Waals surface area contributed by atoms with Gasteiger partial charge in [0, 0.05) is 19.6 Å². The molecule has 1 aliphatic rings. The van der Waals surface area contributed by atoms with Gasteiger partial charge in [0.1, 0.15) is 12.4 Å². The molecule has 2 N–H and O–H groups in total. The standard InChI is InChI=1S/C13H21N5O2/c1-4-5-14-11-10(20-3)12(17-8-16-11)18-7-6-15-13(19)9(18)2/h8-9H,4-7H2,1-3H3,(H,15,19)(H,14,16,17). The molecule has 7 nitrogen and oxygen atoms in total. The number of ether oxygens (including phenoxy) is 1. The lowest BCUT2D eigenvalue weighted by atomic mass is 10.2. The molecular formula is C13H21N5O2. The Morgan fingerprint density at radius 2 is 2.35 bits per heavy atom. The summed E-state index contributed by atoms with van der Waals surface area (Å²) in [6.45, 7) is 6.05. The zero-order chi connectivity index (χ0) is 14.5. The number of piperazine rings is 1. The zero-order valence-corrected chi connectivity index (χ0v) is 12.1. The first-order valence-corrected chi connectivity index (χ1v) is 6.86. The number of rotatable bonds is 5. The summed E-state index contributed by atoms with van der Waals surface area (Å²) in [4.78, 5) is 22.2. The van der Waals surface area contributed by atoms with E-state index in [9.17, 15) is 4.79 Å². The fourth-order valence-corrected chi connectivity index (χ4v) is 2.20. The van der Waals surface area contributed by atoms with E-state index >= 15 is 0 Å². The van der Waals surface area contributed by atoms with Gasteiger partial charge in [-0.1, -0.05) is 6.92 Å². The summed E-state index contributed by atoms with van der Waals surface area (Å²) in [6.07, 6.45) is 2.49. The molecule has 1 unspecified atom stereocenters. The van der Waals surface area contributed by atoms with E-state index in [1.807, 2.05) is 11.8 Å². The minimum Gasteiger partial charge on any atom is -0.490 e. The summed E-state index contributed by atoms with van der Waals surface area (Å²) in [7, 11) is 1.59. The molecule has 1 saturated heterocycles. The quantitative estimate of drug-likeness (QED) is 0.823. The van der Waals surface area contributed by atoms with E-state index in [-0.39, 0.29) is 11.9 Å². The summed E-state index contributed by atoms with van der Waals surface area (Å²) in [6, 6.07) is -0.272. The second-order valence-corrected chi connectivity index (χ2v) is 4.67. The lowest BCUT2D eigenvalue weighted by Gasteiger charge is -2.34. The third kappa shape index (κ3) is 2.76. The number of hydrogen-bond acceptors (Lipinski definition) is 6. The van der Waals surface area contributed by atoms with Crippen LogP contribution < -0.4 is 20.3 Å². The van der Waals surface area contributed by atoms with E-state index in [0.29, 0.717) is 30.5 Å². The van der Waals surface area contributed by atoms with Crippen molar-refractivity contribution in [2.75, 3.05) is 37.0 Å². The predicted octanol–water partition coefficient (Wildman–Crippen LogP) is 0.632. The molecule has 2 heterocycles. The first kappa shape index (κ1) is 14.4. The smallest absolute Gasteiger partial charge is 0.242 e. The fraction of sp³-hybridized carbons (Fsp3) is 0.615. The number of nitrogens with zero attached hydrogens (tertiary/aromatic N) is 3. The van der Waals surface area contributed by atoms with Gasteiger partial charge in [-0.25, -0.2) is 9.97 Å². The second-order valence-electron chi connectivity index (χ2n) is 4.67. The molecule has 1 atom stereocenters. The Kier molecular flexibility index (Phi) is 4.60. The summed E-state index contributed by atoms with van der Waals surface area (Å²) >= 11 is 0. The Morgan fingerprint density at radius 1 is 1.55 bits per heavy atom. The third-order valence-corrected chi connectivity index (χ3v) is 3.30. The van der Waals surface area contributed by atoms with Gasteiger partial charge >= 0.3 is 0 Å². The Labute approximate surface area is 118 Å². The molecule has 1 fully saturated rings. The van der Waals surface area contributed by atoms with Gasteiger partial charge in [-0.15, -0.1) is 0 Å². The van der Waals surface area contributed by atoms with Crippen LogP contribution in [0.15, 0.2) is 6.33 Å². The average Bonchev–Trinajstić information content (AvgIpc) is 2.47. The first-order chi connectivity index (χ1) is 9.69. The Bertz CT molecular complexity index is 480. The molecule has 0 saturated carbocycles. The Morgan fingerprint density at radius 3 is 3.05 bits per heavy atom. The highest BCUT2D eigenvalue weighted by Crippen LogP contribution is 2.33. The van der Waals surface area contributed by atoms with Crippen molar-refractivity contribution in [3.05, 3.63) is 6.33 Å².